The van der Waals surface area contributed by atoms with E-state index in [0.29, 0.717) is 12.2 Å². The number of nitrogens with zero attached hydrogens (tertiary/aromatic N) is 1. The van der Waals surface area contributed by atoms with Crippen LogP contribution < -0.4 is 5.73 Å². The zero-order valence-electron chi connectivity index (χ0n) is 11.7. The molecular weight excluding hydrogens is 264 g/mol. The number of anilines is 1. The van der Waals surface area contributed by atoms with Gasteiger partial charge in [0.15, 0.2) is 0 Å². The van der Waals surface area contributed by atoms with Crippen LogP contribution in [0, 0.1) is 0 Å². The van der Waals surface area contributed by atoms with Gasteiger partial charge in [0.25, 0.3) is 0 Å². The van der Waals surface area contributed by atoms with Crippen LogP contribution in [0.15, 0.2) is 54.9 Å². The van der Waals surface area contributed by atoms with E-state index in [2.05, 4.69) is 6.07 Å². The molecule has 0 radical (unpaired) electrons. The molecule has 0 saturated carbocycles. The van der Waals surface area contributed by atoms with Crippen molar-refractivity contribution < 1.29 is 9.53 Å². The van der Waals surface area contributed by atoms with Crippen molar-refractivity contribution in [2.24, 2.45) is 0 Å². The summed E-state index contributed by atoms with van der Waals surface area (Å²) in [5.41, 5.74) is 10.2. The van der Waals surface area contributed by atoms with Gasteiger partial charge in [-0.25, -0.2) is 4.79 Å². The van der Waals surface area contributed by atoms with Crippen molar-refractivity contribution in [3.8, 4) is 11.1 Å². The summed E-state index contributed by atoms with van der Waals surface area (Å²) < 4.78 is 6.94. The maximum atomic E-state index is 11.8. The van der Waals surface area contributed by atoms with E-state index in [9.17, 15) is 4.79 Å². The van der Waals surface area contributed by atoms with Crippen molar-refractivity contribution in [1.29, 1.82) is 0 Å². The first-order valence-electron chi connectivity index (χ1n) is 6.82. The highest BCUT2D eigenvalue weighted by Crippen LogP contribution is 2.24. The summed E-state index contributed by atoms with van der Waals surface area (Å²) in [6.07, 6.45) is 3.78. The molecule has 0 saturated heterocycles. The lowest BCUT2D eigenvalue weighted by Gasteiger charge is -2.02. The summed E-state index contributed by atoms with van der Waals surface area (Å²) >= 11 is 0. The Morgan fingerprint density at radius 3 is 2.57 bits per heavy atom. The van der Waals surface area contributed by atoms with Gasteiger partial charge in [-0.1, -0.05) is 12.1 Å². The number of ether oxygens (including phenoxy) is 1. The molecule has 1 aromatic carbocycles. The molecule has 3 rings (SSSR count). The number of hydrogen-bond acceptors (Lipinski definition) is 3. The van der Waals surface area contributed by atoms with Crippen LogP contribution in [0.1, 0.15) is 17.3 Å². The molecule has 0 fully saturated rings. The molecule has 2 heterocycles. The Balaban J connectivity index is 2.00. The second-order valence-electron chi connectivity index (χ2n) is 4.82. The zero-order valence-corrected chi connectivity index (χ0v) is 11.7. The average molecular weight is 280 g/mol. The van der Waals surface area contributed by atoms with Crippen molar-refractivity contribution in [2.75, 3.05) is 12.3 Å². The van der Waals surface area contributed by atoms with Gasteiger partial charge in [-0.3, -0.25) is 0 Å². The number of aromatic nitrogens is 1. The fraction of sp³-hybridized carbons (Fsp3) is 0.118. The lowest BCUT2D eigenvalue weighted by Crippen LogP contribution is -2.05. The lowest BCUT2D eigenvalue weighted by molar-refractivity contribution is 0.0526. The van der Waals surface area contributed by atoms with Gasteiger partial charge in [-0.15, -0.1) is 0 Å². The fourth-order valence-electron chi connectivity index (χ4n) is 2.28. The molecule has 2 aromatic heterocycles. The van der Waals surface area contributed by atoms with Gasteiger partial charge in [0.2, 0.25) is 0 Å². The summed E-state index contributed by atoms with van der Waals surface area (Å²) in [6.45, 7) is 2.17. The molecule has 0 amide bonds. The number of fused-ring (bicyclic) bond motifs is 1. The largest absolute Gasteiger partial charge is 0.462 e. The van der Waals surface area contributed by atoms with Crippen molar-refractivity contribution in [2.45, 2.75) is 6.92 Å². The monoisotopic (exact) mass is 280 g/mol. The van der Waals surface area contributed by atoms with Crippen molar-refractivity contribution in [1.82, 2.24) is 4.40 Å². The molecule has 4 heteroatoms. The Hall–Kier alpha value is -2.75. The molecule has 2 N–H and O–H groups in total. The molecule has 0 aliphatic heterocycles. The molecule has 0 spiro atoms. The highest BCUT2D eigenvalue weighted by atomic mass is 16.5. The first-order valence-corrected chi connectivity index (χ1v) is 6.82. The highest BCUT2D eigenvalue weighted by molar-refractivity contribution is 5.89. The van der Waals surface area contributed by atoms with E-state index >= 15 is 0 Å². The van der Waals surface area contributed by atoms with Gasteiger partial charge in [-0.05, 0) is 42.8 Å². The normalized spacial score (nSPS) is 10.7. The lowest BCUT2D eigenvalue weighted by atomic mass is 10.1. The fourth-order valence-corrected chi connectivity index (χ4v) is 2.28. The van der Waals surface area contributed by atoms with Gasteiger partial charge in [-0.2, -0.15) is 0 Å². The van der Waals surface area contributed by atoms with Crippen molar-refractivity contribution >= 4 is 17.2 Å². The molecule has 0 unspecified atom stereocenters. The summed E-state index contributed by atoms with van der Waals surface area (Å²) in [7, 11) is 0. The van der Waals surface area contributed by atoms with E-state index in [1.165, 1.54) is 0 Å². The van der Waals surface area contributed by atoms with Crippen LogP contribution in [0.25, 0.3) is 16.6 Å². The number of carbonyl (C=O) groups excluding carboxylic acids is 1. The zero-order chi connectivity index (χ0) is 14.8. The van der Waals surface area contributed by atoms with Crippen LogP contribution in [-0.2, 0) is 4.74 Å². The third kappa shape index (κ3) is 2.60. The van der Waals surface area contributed by atoms with Gasteiger partial charge in [0, 0.05) is 29.2 Å². The third-order valence-corrected chi connectivity index (χ3v) is 3.35. The van der Waals surface area contributed by atoms with Crippen LogP contribution in [0.3, 0.4) is 0 Å². The second kappa shape index (κ2) is 5.32. The molecule has 4 nitrogen and oxygen atoms in total. The predicted molar refractivity (Wildman–Crippen MR) is 83.2 cm³/mol. The van der Waals surface area contributed by atoms with E-state index in [0.717, 1.165) is 22.3 Å². The van der Waals surface area contributed by atoms with E-state index in [1.807, 2.05) is 40.9 Å². The molecule has 0 aliphatic rings. The smallest absolute Gasteiger partial charge is 0.339 e. The van der Waals surface area contributed by atoms with Crippen LogP contribution in [-0.4, -0.2) is 17.0 Å². The van der Waals surface area contributed by atoms with Crippen LogP contribution in [0.5, 0.6) is 0 Å². The number of hydrogen-bond donors (Lipinski definition) is 1. The quantitative estimate of drug-likeness (QED) is 0.591. The van der Waals surface area contributed by atoms with E-state index in [1.54, 1.807) is 19.2 Å². The maximum Gasteiger partial charge on any atom is 0.339 e. The number of carbonyl (C=O) groups is 1. The van der Waals surface area contributed by atoms with Gasteiger partial charge in [0.05, 0.1) is 12.2 Å². The number of benzene rings is 1. The van der Waals surface area contributed by atoms with Crippen LogP contribution in [0.4, 0.5) is 5.69 Å². The summed E-state index contributed by atoms with van der Waals surface area (Å²) in [6, 6.07) is 13.5. The van der Waals surface area contributed by atoms with E-state index < -0.39 is 0 Å². The maximum absolute atomic E-state index is 11.8. The number of pyridine rings is 1. The van der Waals surface area contributed by atoms with Gasteiger partial charge < -0.3 is 14.9 Å². The SMILES string of the molecule is CCOC(=O)c1ccc2cc(-c3ccc(N)cc3)cn2c1. The Labute approximate surface area is 122 Å². The van der Waals surface area contributed by atoms with E-state index in [4.69, 9.17) is 10.5 Å². The third-order valence-electron chi connectivity index (χ3n) is 3.35. The molecular formula is C17H16N2O2. The number of rotatable bonds is 3. The topological polar surface area (TPSA) is 56.7 Å². The highest BCUT2D eigenvalue weighted by Gasteiger charge is 2.08. The number of nitrogens with two attached hydrogens (primary N) is 1. The Bertz CT molecular complexity index is 788. The minimum atomic E-state index is -0.304. The average Bonchev–Trinajstić information content (AvgIpc) is 2.91. The Kier molecular flexibility index (Phi) is 3.36. The minimum Gasteiger partial charge on any atom is -0.462 e. The van der Waals surface area contributed by atoms with Gasteiger partial charge >= 0.3 is 5.97 Å². The molecule has 21 heavy (non-hydrogen) atoms. The molecule has 106 valence electrons. The minimum absolute atomic E-state index is 0.304. The molecule has 3 aromatic rings. The second-order valence-corrected chi connectivity index (χ2v) is 4.82. The van der Waals surface area contributed by atoms with Crippen molar-refractivity contribution in [3.05, 3.63) is 60.4 Å². The van der Waals surface area contributed by atoms with Crippen LogP contribution >= 0.6 is 0 Å². The number of esters is 1. The Morgan fingerprint density at radius 2 is 1.86 bits per heavy atom. The first-order chi connectivity index (χ1) is 10.2. The standard InChI is InChI=1S/C17H16N2O2/c1-2-21-17(20)13-5-8-16-9-14(11-19(16)10-13)12-3-6-15(18)7-4-12/h3-11H,2,18H2,1H3. The van der Waals surface area contributed by atoms with Crippen LogP contribution in [0.2, 0.25) is 0 Å². The summed E-state index contributed by atoms with van der Waals surface area (Å²) in [4.78, 5) is 11.8. The van der Waals surface area contributed by atoms with E-state index in [-0.39, 0.29) is 5.97 Å². The Morgan fingerprint density at radius 1 is 1.10 bits per heavy atom. The molecule has 0 atom stereocenters. The molecule has 0 bridgehead atoms. The summed E-state index contributed by atoms with van der Waals surface area (Å²) in [5.74, 6) is -0.304. The first kappa shape index (κ1) is 13.2. The molecule has 0 aliphatic carbocycles. The van der Waals surface area contributed by atoms with Crippen molar-refractivity contribution in [3.63, 3.8) is 0 Å². The van der Waals surface area contributed by atoms with Gasteiger partial charge in [0.1, 0.15) is 0 Å². The predicted octanol–water partition coefficient (Wildman–Crippen LogP) is 3.37. The number of nitrogen functional groups attached to an aromatic ring is 1. The summed E-state index contributed by atoms with van der Waals surface area (Å²) in [5, 5.41) is 0.